The molecule has 0 spiro atoms. The van der Waals surface area contributed by atoms with Gasteiger partial charge in [-0.1, -0.05) is 331 Å². The smallest absolute Gasteiger partial charge is 0.462 e. The Morgan fingerprint density at radius 2 is 0.505 bits per heavy atom. The van der Waals surface area contributed by atoms with Crippen molar-refractivity contribution in [1.29, 1.82) is 0 Å². The highest BCUT2D eigenvalue weighted by atomic mass is 31.2. The van der Waals surface area contributed by atoms with Crippen molar-refractivity contribution in [2.24, 2.45) is 23.7 Å². The average Bonchev–Trinajstić information content (AvgIpc) is 3.65. The molecule has 0 aliphatic rings. The van der Waals surface area contributed by atoms with Crippen LogP contribution in [0.25, 0.3) is 0 Å². The predicted octanol–water partition coefficient (Wildman–Crippen LogP) is 22.0. The van der Waals surface area contributed by atoms with Gasteiger partial charge in [0.2, 0.25) is 0 Å². The Morgan fingerprint density at radius 1 is 0.295 bits per heavy atom. The molecular weight excluding hydrogens is 1250 g/mol. The highest BCUT2D eigenvalue weighted by Crippen LogP contribution is 2.45. The number of esters is 4. The van der Waals surface area contributed by atoms with Gasteiger partial charge in [-0.2, -0.15) is 0 Å². The summed E-state index contributed by atoms with van der Waals surface area (Å²) in [4.78, 5) is 72.8. The molecule has 3 N–H and O–H groups in total. The number of phosphoric ester groups is 2. The standard InChI is InChI=1S/C76H148O17P2/c1-9-69(8)55-47-39-34-35-41-49-57-74(79)87-63-72(93-76(81)58-50-42-32-24-20-16-12-10-11-14-18-22-28-36-44-52-66(2)3)65-91-95(84,85)89-61-70(77)60-88-94(82,83)90-64-71(62-86-73(78)56-48-40-31-27-26-30-38-46-54-68(6)7)92-75(80)59-51-43-33-25-21-17-13-15-19-23-29-37-45-53-67(4)5/h66-72,77H,9-65H2,1-8H3,(H,82,83)(H,84,85)/t69?,70-,71-,72-/m1/s1. The number of hydrogen-bond acceptors (Lipinski definition) is 15. The second kappa shape index (κ2) is 65.4. The molecule has 564 valence electrons. The molecular formula is C76H148O17P2. The third-order valence-electron chi connectivity index (χ3n) is 17.9. The van der Waals surface area contributed by atoms with E-state index in [-0.39, 0.29) is 25.7 Å². The van der Waals surface area contributed by atoms with Crippen molar-refractivity contribution in [1.82, 2.24) is 0 Å². The summed E-state index contributed by atoms with van der Waals surface area (Å²) in [5.74, 6) is 0.924. The number of rotatable bonds is 73. The first-order chi connectivity index (χ1) is 45.6. The number of carbonyl (C=O) groups excluding carboxylic acids is 4. The van der Waals surface area contributed by atoms with E-state index in [9.17, 15) is 43.2 Å². The fourth-order valence-electron chi connectivity index (χ4n) is 11.5. The van der Waals surface area contributed by atoms with Crippen molar-refractivity contribution in [3.05, 3.63) is 0 Å². The molecule has 0 bridgehead atoms. The minimum atomic E-state index is -4.96. The minimum absolute atomic E-state index is 0.106. The number of hydrogen-bond donors (Lipinski definition) is 3. The van der Waals surface area contributed by atoms with Gasteiger partial charge in [0.05, 0.1) is 26.4 Å². The van der Waals surface area contributed by atoms with Gasteiger partial charge in [0, 0.05) is 25.7 Å². The third-order valence-corrected chi connectivity index (χ3v) is 19.8. The lowest BCUT2D eigenvalue weighted by Crippen LogP contribution is -2.30. The maximum absolute atomic E-state index is 13.1. The zero-order chi connectivity index (χ0) is 70.3. The van der Waals surface area contributed by atoms with Gasteiger partial charge in [0.1, 0.15) is 19.3 Å². The number of ether oxygens (including phenoxy) is 4. The van der Waals surface area contributed by atoms with Crippen LogP contribution in [0.4, 0.5) is 0 Å². The Kier molecular flexibility index (Phi) is 64.0. The van der Waals surface area contributed by atoms with Gasteiger partial charge in [0.15, 0.2) is 12.2 Å². The van der Waals surface area contributed by atoms with E-state index in [1.54, 1.807) is 0 Å². The maximum Gasteiger partial charge on any atom is 0.472 e. The van der Waals surface area contributed by atoms with Crippen LogP contribution >= 0.6 is 15.6 Å². The fraction of sp³-hybridized carbons (Fsp3) is 0.947. The molecule has 0 amide bonds. The molecule has 0 aliphatic carbocycles. The van der Waals surface area contributed by atoms with E-state index in [1.165, 1.54) is 180 Å². The summed E-state index contributed by atoms with van der Waals surface area (Å²) in [6.07, 6.45) is 50.0. The topological polar surface area (TPSA) is 237 Å². The average molecular weight is 1400 g/mol. The SMILES string of the molecule is CCC(C)CCCCCCCCC(=O)OC[C@H](COP(=O)(O)OC[C@H](O)COP(=O)(O)OC[C@@H](COC(=O)CCCCCCCCCCC(C)C)OC(=O)CCCCCCCCCCCCCCCC(C)C)OC(=O)CCCCCCCCCCCCCCCCCC(C)C. The quantitative estimate of drug-likeness (QED) is 0.0222. The number of unbranched alkanes of at least 4 members (excludes halogenated alkanes) is 38. The van der Waals surface area contributed by atoms with Crippen LogP contribution in [0.2, 0.25) is 0 Å². The Morgan fingerprint density at radius 3 is 0.747 bits per heavy atom. The van der Waals surface area contributed by atoms with Crippen LogP contribution in [0.1, 0.15) is 383 Å². The lowest BCUT2D eigenvalue weighted by molar-refractivity contribution is -0.161. The fourth-order valence-corrected chi connectivity index (χ4v) is 13.1. The van der Waals surface area contributed by atoms with Crippen LogP contribution in [0.5, 0.6) is 0 Å². The van der Waals surface area contributed by atoms with Crippen LogP contribution < -0.4 is 0 Å². The Labute approximate surface area is 581 Å². The number of aliphatic hydroxyl groups is 1. The normalized spacial score (nSPS) is 14.4. The molecule has 95 heavy (non-hydrogen) atoms. The number of carbonyl (C=O) groups is 4. The summed E-state index contributed by atoms with van der Waals surface area (Å²) in [6.45, 7) is 14.2. The van der Waals surface area contributed by atoms with E-state index in [1.807, 2.05) is 0 Å². The van der Waals surface area contributed by atoms with Crippen molar-refractivity contribution in [2.75, 3.05) is 39.6 Å². The van der Waals surface area contributed by atoms with Crippen molar-refractivity contribution in [3.8, 4) is 0 Å². The Balaban J connectivity index is 5.23. The summed E-state index contributed by atoms with van der Waals surface area (Å²) in [5.41, 5.74) is 0. The van der Waals surface area contributed by atoms with Crippen LogP contribution in [-0.4, -0.2) is 96.7 Å². The first kappa shape index (κ1) is 93.1. The lowest BCUT2D eigenvalue weighted by atomic mass is 10.00. The van der Waals surface area contributed by atoms with Crippen LogP contribution in [0.15, 0.2) is 0 Å². The Bertz CT molecular complexity index is 1870. The van der Waals surface area contributed by atoms with Gasteiger partial charge in [0.25, 0.3) is 0 Å². The summed E-state index contributed by atoms with van der Waals surface area (Å²) in [7, 11) is -9.91. The van der Waals surface area contributed by atoms with E-state index in [0.717, 1.165) is 120 Å². The second-order valence-electron chi connectivity index (χ2n) is 29.1. The van der Waals surface area contributed by atoms with Gasteiger partial charge in [-0.3, -0.25) is 37.3 Å². The monoisotopic (exact) mass is 1400 g/mol. The minimum Gasteiger partial charge on any atom is -0.462 e. The van der Waals surface area contributed by atoms with E-state index >= 15 is 0 Å². The summed E-state index contributed by atoms with van der Waals surface area (Å²) in [5, 5.41) is 10.6. The first-order valence-corrected chi connectivity index (χ1v) is 42.2. The molecule has 0 aromatic heterocycles. The molecule has 0 rings (SSSR count). The van der Waals surface area contributed by atoms with E-state index in [4.69, 9.17) is 37.0 Å². The summed E-state index contributed by atoms with van der Waals surface area (Å²) >= 11 is 0. The zero-order valence-corrected chi connectivity index (χ0v) is 64.1. The summed E-state index contributed by atoms with van der Waals surface area (Å²) in [6, 6.07) is 0. The van der Waals surface area contributed by atoms with Crippen LogP contribution in [0, 0.1) is 23.7 Å². The van der Waals surface area contributed by atoms with Crippen LogP contribution in [0.3, 0.4) is 0 Å². The van der Waals surface area contributed by atoms with Crippen molar-refractivity contribution >= 4 is 39.5 Å². The number of phosphoric acid groups is 2. The van der Waals surface area contributed by atoms with Gasteiger partial charge >= 0.3 is 39.5 Å². The predicted molar refractivity (Wildman–Crippen MR) is 386 cm³/mol. The lowest BCUT2D eigenvalue weighted by Gasteiger charge is -2.21. The van der Waals surface area contributed by atoms with Gasteiger partial charge < -0.3 is 33.8 Å². The first-order valence-electron chi connectivity index (χ1n) is 39.2. The molecule has 19 heteroatoms. The highest BCUT2D eigenvalue weighted by molar-refractivity contribution is 7.47. The largest absolute Gasteiger partial charge is 0.472 e. The second-order valence-corrected chi connectivity index (χ2v) is 32.0. The molecule has 0 heterocycles. The molecule has 0 fully saturated rings. The van der Waals surface area contributed by atoms with E-state index in [0.29, 0.717) is 25.7 Å². The van der Waals surface area contributed by atoms with Gasteiger partial charge in [-0.25, -0.2) is 9.13 Å². The van der Waals surface area contributed by atoms with Crippen molar-refractivity contribution < 1.29 is 80.2 Å². The van der Waals surface area contributed by atoms with Crippen LogP contribution in [-0.2, 0) is 65.4 Å². The molecule has 0 aromatic carbocycles. The molecule has 0 aliphatic heterocycles. The summed E-state index contributed by atoms with van der Waals surface area (Å²) < 4.78 is 68.5. The Hall–Kier alpha value is -1.94. The number of aliphatic hydroxyl groups excluding tert-OH is 1. The molecule has 6 atom stereocenters. The molecule has 3 unspecified atom stereocenters. The van der Waals surface area contributed by atoms with Gasteiger partial charge in [-0.05, 0) is 49.4 Å². The molecule has 0 aromatic rings. The highest BCUT2D eigenvalue weighted by Gasteiger charge is 2.30. The van der Waals surface area contributed by atoms with Crippen molar-refractivity contribution in [2.45, 2.75) is 401 Å². The molecule has 0 saturated heterocycles. The molecule has 0 saturated carbocycles. The van der Waals surface area contributed by atoms with E-state index < -0.39 is 97.5 Å². The van der Waals surface area contributed by atoms with Gasteiger partial charge in [-0.15, -0.1) is 0 Å². The maximum atomic E-state index is 13.1. The third kappa shape index (κ3) is 69.0. The zero-order valence-electron chi connectivity index (χ0n) is 62.3. The van der Waals surface area contributed by atoms with Crippen molar-refractivity contribution in [3.63, 3.8) is 0 Å². The van der Waals surface area contributed by atoms with E-state index in [2.05, 4.69) is 55.4 Å². The molecule has 17 nitrogen and oxygen atoms in total. The molecule has 0 radical (unpaired) electrons.